The quantitative estimate of drug-likeness (QED) is 0.191. The summed E-state index contributed by atoms with van der Waals surface area (Å²) in [5.74, 6) is -0.408. The molecule has 2 aromatic carbocycles. The number of urea groups is 1. The lowest BCUT2D eigenvalue weighted by Gasteiger charge is -2.27. The summed E-state index contributed by atoms with van der Waals surface area (Å²) in [5, 5.41) is 7.81. The van der Waals surface area contributed by atoms with E-state index in [1.165, 1.54) is 0 Å². The van der Waals surface area contributed by atoms with Gasteiger partial charge in [-0.2, -0.15) is 11.8 Å². The second-order valence-corrected chi connectivity index (χ2v) is 11.2. The normalized spacial score (nSPS) is 12.3. The number of hydrogen-bond acceptors (Lipinski definition) is 6. The van der Waals surface area contributed by atoms with E-state index in [4.69, 9.17) is 5.73 Å². The van der Waals surface area contributed by atoms with E-state index in [0.29, 0.717) is 38.1 Å². The Hall–Kier alpha value is -4.44. The minimum atomic E-state index is -0.943. The van der Waals surface area contributed by atoms with E-state index >= 15 is 0 Å². The fraction of sp³-hybridized carbons (Fsp3) is 0.303. The minimum Gasteiger partial charge on any atom is -0.368 e. The average Bonchev–Trinajstić information content (AvgIpc) is 3.03. The highest BCUT2D eigenvalue weighted by Crippen LogP contribution is 2.20. The summed E-state index contributed by atoms with van der Waals surface area (Å²) in [4.78, 5) is 50.2. The van der Waals surface area contributed by atoms with E-state index < -0.39 is 23.9 Å². The van der Waals surface area contributed by atoms with E-state index in [0.717, 1.165) is 27.7 Å². The standard InChI is InChI=1S/C33H38N6O3S/c1-43-22-17-29(31(34)40)37-32(41)30(23-25-11-8-10-24-9-2-3-14-28(24)25)38-33(42)39(20-15-26-12-4-6-18-35-26)21-16-27-13-5-7-19-36-27/h2-14,18-19,29-30H,15-17,20-23H2,1H3,(H2,34,40)(H,37,41)(H,38,42)/t29-,30+/m0/s1. The highest BCUT2D eigenvalue weighted by Gasteiger charge is 2.28. The van der Waals surface area contributed by atoms with Crippen molar-refractivity contribution in [3.05, 3.63) is 108 Å². The predicted octanol–water partition coefficient (Wildman–Crippen LogP) is 3.76. The summed E-state index contributed by atoms with van der Waals surface area (Å²) in [6.07, 6.45) is 7.12. The topological polar surface area (TPSA) is 130 Å². The first-order chi connectivity index (χ1) is 20.9. The van der Waals surface area contributed by atoms with Crippen molar-refractivity contribution in [1.82, 2.24) is 25.5 Å². The van der Waals surface area contributed by atoms with Crippen molar-refractivity contribution in [2.45, 2.75) is 37.8 Å². The van der Waals surface area contributed by atoms with Crippen LogP contribution in [0.15, 0.2) is 91.3 Å². The fourth-order valence-electron chi connectivity index (χ4n) is 4.84. The van der Waals surface area contributed by atoms with Crippen LogP contribution in [-0.2, 0) is 28.9 Å². The molecule has 2 heterocycles. The lowest BCUT2D eigenvalue weighted by Crippen LogP contribution is -2.56. The van der Waals surface area contributed by atoms with Crippen molar-refractivity contribution in [3.63, 3.8) is 0 Å². The van der Waals surface area contributed by atoms with Crippen molar-refractivity contribution < 1.29 is 14.4 Å². The Morgan fingerprint density at radius 3 is 2.05 bits per heavy atom. The number of pyridine rings is 2. The molecule has 0 saturated heterocycles. The van der Waals surface area contributed by atoms with Crippen molar-refractivity contribution in [2.75, 3.05) is 25.1 Å². The lowest BCUT2D eigenvalue weighted by molar-refractivity contribution is -0.128. The molecule has 4 amide bonds. The maximum atomic E-state index is 13.8. The molecule has 4 rings (SSSR count). The summed E-state index contributed by atoms with van der Waals surface area (Å²) in [5.41, 5.74) is 8.26. The molecule has 43 heavy (non-hydrogen) atoms. The smallest absolute Gasteiger partial charge is 0.318 e. The summed E-state index contributed by atoms with van der Waals surface area (Å²) in [7, 11) is 0. The predicted molar refractivity (Wildman–Crippen MR) is 172 cm³/mol. The highest BCUT2D eigenvalue weighted by atomic mass is 32.2. The number of benzene rings is 2. The monoisotopic (exact) mass is 598 g/mol. The molecular weight excluding hydrogens is 560 g/mol. The molecule has 0 spiro atoms. The number of thioether (sulfide) groups is 1. The maximum Gasteiger partial charge on any atom is 0.318 e. The number of nitrogens with two attached hydrogens (primary N) is 1. The number of rotatable bonds is 15. The summed E-state index contributed by atoms with van der Waals surface area (Å²) >= 11 is 1.56. The minimum absolute atomic E-state index is 0.237. The molecule has 2 atom stereocenters. The van der Waals surface area contributed by atoms with Crippen molar-refractivity contribution in [1.29, 1.82) is 0 Å². The number of carbonyl (C=O) groups excluding carboxylic acids is 3. The molecule has 4 aromatic rings. The lowest BCUT2D eigenvalue weighted by atomic mass is 9.98. The van der Waals surface area contributed by atoms with Crippen LogP contribution >= 0.6 is 11.8 Å². The van der Waals surface area contributed by atoms with Gasteiger partial charge in [0.2, 0.25) is 11.8 Å². The number of hydrogen-bond donors (Lipinski definition) is 3. The Morgan fingerprint density at radius 2 is 1.44 bits per heavy atom. The molecule has 9 nitrogen and oxygen atoms in total. The Bertz CT molecular complexity index is 1440. The summed E-state index contributed by atoms with van der Waals surface area (Å²) in [6, 6.07) is 23.0. The van der Waals surface area contributed by atoms with Crippen LogP contribution in [0.1, 0.15) is 23.4 Å². The number of nitrogens with one attached hydrogen (secondary N) is 2. The van der Waals surface area contributed by atoms with Crippen LogP contribution in [0.3, 0.4) is 0 Å². The van der Waals surface area contributed by atoms with Gasteiger partial charge in [0.1, 0.15) is 12.1 Å². The molecule has 224 valence electrons. The first-order valence-electron chi connectivity index (χ1n) is 14.3. The van der Waals surface area contributed by atoms with Gasteiger partial charge in [-0.25, -0.2) is 4.79 Å². The molecule has 0 aliphatic carbocycles. The number of carbonyl (C=O) groups is 3. The molecule has 0 unspecified atom stereocenters. The zero-order valence-electron chi connectivity index (χ0n) is 24.3. The van der Waals surface area contributed by atoms with Crippen LogP contribution < -0.4 is 16.4 Å². The summed E-state index contributed by atoms with van der Waals surface area (Å²) < 4.78 is 0. The number of nitrogens with zero attached hydrogens (tertiary/aromatic N) is 3. The van der Waals surface area contributed by atoms with Gasteiger partial charge >= 0.3 is 6.03 Å². The van der Waals surface area contributed by atoms with Gasteiger partial charge in [-0.05, 0) is 59.0 Å². The number of aromatic nitrogens is 2. The molecule has 10 heteroatoms. The van der Waals surface area contributed by atoms with Crippen molar-refractivity contribution in [2.24, 2.45) is 5.73 Å². The zero-order chi connectivity index (χ0) is 30.4. The Morgan fingerprint density at radius 1 is 0.814 bits per heavy atom. The molecular formula is C33H38N6O3S. The van der Waals surface area contributed by atoms with Gasteiger partial charge in [0.15, 0.2) is 0 Å². The third kappa shape index (κ3) is 9.54. The first kappa shape index (κ1) is 31.5. The third-order valence-electron chi connectivity index (χ3n) is 7.20. The van der Waals surface area contributed by atoms with Crippen LogP contribution in [-0.4, -0.2) is 69.9 Å². The van der Waals surface area contributed by atoms with E-state index in [-0.39, 0.29) is 12.5 Å². The number of fused-ring (bicyclic) bond motifs is 1. The van der Waals surface area contributed by atoms with Gasteiger partial charge < -0.3 is 21.3 Å². The van der Waals surface area contributed by atoms with E-state index in [1.807, 2.05) is 85.1 Å². The van der Waals surface area contributed by atoms with Crippen molar-refractivity contribution in [3.8, 4) is 0 Å². The van der Waals surface area contributed by atoms with Gasteiger partial charge in [0.25, 0.3) is 0 Å². The number of amides is 4. The first-order valence-corrected chi connectivity index (χ1v) is 15.7. The Kier molecular flexibility index (Phi) is 11.9. The van der Waals surface area contributed by atoms with Gasteiger partial charge in [-0.1, -0.05) is 54.6 Å². The second kappa shape index (κ2) is 16.3. The maximum absolute atomic E-state index is 13.8. The van der Waals surface area contributed by atoms with Crippen LogP contribution in [0.2, 0.25) is 0 Å². The van der Waals surface area contributed by atoms with Crippen LogP contribution in [0.5, 0.6) is 0 Å². The molecule has 4 N–H and O–H groups in total. The van der Waals surface area contributed by atoms with Gasteiger partial charge in [0, 0.05) is 56.1 Å². The molecule has 2 aromatic heterocycles. The van der Waals surface area contributed by atoms with E-state index in [2.05, 4.69) is 20.6 Å². The molecule has 0 fully saturated rings. The third-order valence-corrected chi connectivity index (χ3v) is 7.85. The van der Waals surface area contributed by atoms with Gasteiger partial charge in [-0.15, -0.1) is 0 Å². The largest absolute Gasteiger partial charge is 0.368 e. The molecule has 0 radical (unpaired) electrons. The van der Waals surface area contributed by atoms with Crippen LogP contribution in [0.25, 0.3) is 10.8 Å². The van der Waals surface area contributed by atoms with E-state index in [9.17, 15) is 14.4 Å². The average molecular weight is 599 g/mol. The molecule has 0 bridgehead atoms. The molecule has 0 saturated carbocycles. The number of primary amides is 1. The second-order valence-electron chi connectivity index (χ2n) is 10.2. The molecule has 0 aliphatic rings. The van der Waals surface area contributed by atoms with Crippen LogP contribution in [0, 0.1) is 0 Å². The van der Waals surface area contributed by atoms with Gasteiger partial charge in [-0.3, -0.25) is 19.6 Å². The Balaban J connectivity index is 1.57. The van der Waals surface area contributed by atoms with E-state index in [1.54, 1.807) is 29.1 Å². The van der Waals surface area contributed by atoms with Crippen molar-refractivity contribution >= 4 is 40.4 Å². The summed E-state index contributed by atoms with van der Waals surface area (Å²) in [6.45, 7) is 0.797. The Labute approximate surface area is 256 Å². The SMILES string of the molecule is CSCC[C@H](NC(=O)[C@@H](Cc1cccc2ccccc12)NC(=O)N(CCc1ccccn1)CCc1ccccn1)C(N)=O. The fourth-order valence-corrected chi connectivity index (χ4v) is 5.31. The molecule has 0 aliphatic heterocycles. The zero-order valence-corrected chi connectivity index (χ0v) is 25.1. The van der Waals surface area contributed by atoms with Crippen LogP contribution in [0.4, 0.5) is 4.79 Å². The highest BCUT2D eigenvalue weighted by molar-refractivity contribution is 7.98. The van der Waals surface area contributed by atoms with Gasteiger partial charge in [0.05, 0.1) is 0 Å².